The highest BCUT2D eigenvalue weighted by Crippen LogP contribution is 2.28. The Labute approximate surface area is 108 Å². The number of nitrogens with zero attached hydrogens (tertiary/aromatic N) is 3. The third-order valence-corrected chi connectivity index (χ3v) is 3.55. The lowest BCUT2D eigenvalue weighted by molar-refractivity contribution is 0.239. The summed E-state index contributed by atoms with van der Waals surface area (Å²) >= 11 is 0. The van der Waals surface area contributed by atoms with Gasteiger partial charge in [0, 0.05) is 12.2 Å². The maximum absolute atomic E-state index is 9.47. The largest absolute Gasteiger partial charge is 0.394 e. The van der Waals surface area contributed by atoms with Crippen LogP contribution < -0.4 is 4.90 Å². The van der Waals surface area contributed by atoms with Crippen LogP contribution in [0.1, 0.15) is 36.1 Å². The predicted molar refractivity (Wildman–Crippen MR) is 70.5 cm³/mol. The normalized spacial score (nSPS) is 19.7. The molecule has 2 rings (SSSR count). The van der Waals surface area contributed by atoms with Gasteiger partial charge in [-0.3, -0.25) is 0 Å². The molecule has 96 valence electrons. The zero-order chi connectivity index (χ0) is 13.1. The molecule has 1 unspecified atom stereocenters. The minimum Gasteiger partial charge on any atom is -0.394 e. The first-order valence-electron chi connectivity index (χ1n) is 6.43. The molecule has 1 aromatic heterocycles. The fourth-order valence-electron chi connectivity index (χ4n) is 2.63. The van der Waals surface area contributed by atoms with Gasteiger partial charge in [-0.05, 0) is 44.7 Å². The summed E-state index contributed by atoms with van der Waals surface area (Å²) in [6.07, 6.45) is 3.19. The molecule has 1 N–H and O–H groups in total. The second kappa shape index (κ2) is 5.36. The summed E-state index contributed by atoms with van der Waals surface area (Å²) in [4.78, 5) is 6.62. The van der Waals surface area contributed by atoms with Crippen LogP contribution in [0.3, 0.4) is 0 Å². The van der Waals surface area contributed by atoms with Crippen molar-refractivity contribution in [3.05, 3.63) is 22.9 Å². The van der Waals surface area contributed by atoms with Crippen molar-refractivity contribution in [2.45, 2.75) is 39.2 Å². The van der Waals surface area contributed by atoms with E-state index in [1.165, 1.54) is 0 Å². The first-order chi connectivity index (χ1) is 8.67. The van der Waals surface area contributed by atoms with Crippen LogP contribution in [-0.4, -0.2) is 29.3 Å². The lowest BCUT2D eigenvalue weighted by Crippen LogP contribution is -2.43. The van der Waals surface area contributed by atoms with Gasteiger partial charge in [-0.25, -0.2) is 4.98 Å². The number of aromatic nitrogens is 1. The Kier molecular flexibility index (Phi) is 3.83. The molecule has 1 aliphatic rings. The highest BCUT2D eigenvalue weighted by Gasteiger charge is 2.25. The molecule has 1 atom stereocenters. The third kappa shape index (κ3) is 2.32. The molecule has 0 bridgehead atoms. The average Bonchev–Trinajstić information content (AvgIpc) is 2.38. The molecule has 0 saturated carbocycles. The molecule has 4 heteroatoms. The number of anilines is 1. The summed E-state index contributed by atoms with van der Waals surface area (Å²) in [5, 5.41) is 18.8. The topological polar surface area (TPSA) is 60.2 Å². The first kappa shape index (κ1) is 12.8. The number of hydrogen-bond donors (Lipinski definition) is 1. The summed E-state index contributed by atoms with van der Waals surface area (Å²) in [5.74, 6) is 0.744. The number of hydrogen-bond acceptors (Lipinski definition) is 4. The monoisotopic (exact) mass is 245 g/mol. The van der Waals surface area contributed by atoms with Gasteiger partial charge in [0.05, 0.1) is 18.2 Å². The van der Waals surface area contributed by atoms with E-state index in [1.807, 2.05) is 19.9 Å². The molecule has 0 aliphatic carbocycles. The Morgan fingerprint density at radius 2 is 2.28 bits per heavy atom. The van der Waals surface area contributed by atoms with Gasteiger partial charge in [0.15, 0.2) is 0 Å². The van der Waals surface area contributed by atoms with Gasteiger partial charge in [0.25, 0.3) is 0 Å². The molecule has 0 radical (unpaired) electrons. The highest BCUT2D eigenvalue weighted by atomic mass is 16.3. The van der Waals surface area contributed by atoms with Crippen LogP contribution >= 0.6 is 0 Å². The van der Waals surface area contributed by atoms with Crippen molar-refractivity contribution >= 4 is 5.82 Å². The van der Waals surface area contributed by atoms with E-state index in [0.717, 1.165) is 42.9 Å². The smallest absolute Gasteiger partial charge is 0.147 e. The van der Waals surface area contributed by atoms with Gasteiger partial charge in [-0.1, -0.05) is 0 Å². The SMILES string of the molecule is Cc1cc(C)c(C#N)c(N2CCCCC2CO)n1. The van der Waals surface area contributed by atoms with Crippen molar-refractivity contribution in [1.82, 2.24) is 4.98 Å². The molecular formula is C14H19N3O. The van der Waals surface area contributed by atoms with Crippen molar-refractivity contribution in [3.63, 3.8) is 0 Å². The molecule has 1 saturated heterocycles. The lowest BCUT2D eigenvalue weighted by atomic mass is 10.0. The fourth-order valence-corrected chi connectivity index (χ4v) is 2.63. The van der Waals surface area contributed by atoms with E-state index in [2.05, 4.69) is 16.0 Å². The number of pyridine rings is 1. The number of aliphatic hydroxyl groups is 1. The Morgan fingerprint density at radius 1 is 1.50 bits per heavy atom. The quantitative estimate of drug-likeness (QED) is 0.864. The average molecular weight is 245 g/mol. The van der Waals surface area contributed by atoms with E-state index in [4.69, 9.17) is 0 Å². The molecule has 0 amide bonds. The maximum Gasteiger partial charge on any atom is 0.147 e. The Morgan fingerprint density at radius 3 is 2.94 bits per heavy atom. The van der Waals surface area contributed by atoms with E-state index in [-0.39, 0.29) is 12.6 Å². The van der Waals surface area contributed by atoms with Crippen molar-refractivity contribution in [2.24, 2.45) is 0 Å². The molecule has 1 aliphatic heterocycles. The molecule has 2 heterocycles. The number of aryl methyl sites for hydroxylation is 2. The molecule has 1 fully saturated rings. The van der Waals surface area contributed by atoms with Crippen molar-refractivity contribution in [3.8, 4) is 6.07 Å². The van der Waals surface area contributed by atoms with Crippen molar-refractivity contribution in [1.29, 1.82) is 5.26 Å². The Balaban J connectivity index is 2.45. The summed E-state index contributed by atoms with van der Waals surface area (Å²) in [5.41, 5.74) is 2.52. The number of rotatable bonds is 2. The van der Waals surface area contributed by atoms with Gasteiger partial charge >= 0.3 is 0 Å². The van der Waals surface area contributed by atoms with E-state index in [9.17, 15) is 10.4 Å². The highest BCUT2D eigenvalue weighted by molar-refractivity contribution is 5.58. The van der Waals surface area contributed by atoms with Crippen molar-refractivity contribution in [2.75, 3.05) is 18.1 Å². The van der Waals surface area contributed by atoms with Gasteiger partial charge < -0.3 is 10.0 Å². The Bertz CT molecular complexity index is 479. The summed E-state index contributed by atoms with van der Waals surface area (Å²) in [7, 11) is 0. The third-order valence-electron chi connectivity index (χ3n) is 3.55. The molecule has 1 aromatic rings. The minimum atomic E-state index is 0.0968. The first-order valence-corrected chi connectivity index (χ1v) is 6.43. The standard InChI is InChI=1S/C14H19N3O/c1-10-7-11(2)16-14(13(10)8-15)17-6-4-3-5-12(17)9-18/h7,12,18H,3-6,9H2,1-2H3. The predicted octanol–water partition coefficient (Wildman–Crippen LogP) is 1.92. The van der Waals surface area contributed by atoms with Gasteiger partial charge in [0.2, 0.25) is 0 Å². The van der Waals surface area contributed by atoms with Crippen LogP contribution in [-0.2, 0) is 0 Å². The van der Waals surface area contributed by atoms with E-state index >= 15 is 0 Å². The van der Waals surface area contributed by atoms with Crippen molar-refractivity contribution < 1.29 is 5.11 Å². The second-order valence-corrected chi connectivity index (χ2v) is 4.92. The molecule has 18 heavy (non-hydrogen) atoms. The Hall–Kier alpha value is -1.60. The minimum absolute atomic E-state index is 0.0968. The maximum atomic E-state index is 9.47. The van der Waals surface area contributed by atoms with Gasteiger partial charge in [-0.2, -0.15) is 5.26 Å². The fraction of sp³-hybridized carbons (Fsp3) is 0.571. The van der Waals surface area contributed by atoms with E-state index in [1.54, 1.807) is 0 Å². The number of nitriles is 1. The zero-order valence-corrected chi connectivity index (χ0v) is 11.0. The van der Waals surface area contributed by atoms with Crippen LogP contribution in [0.2, 0.25) is 0 Å². The lowest BCUT2D eigenvalue weighted by Gasteiger charge is -2.36. The molecule has 0 aromatic carbocycles. The van der Waals surface area contributed by atoms with Crippen LogP contribution in [0.25, 0.3) is 0 Å². The van der Waals surface area contributed by atoms with E-state index in [0.29, 0.717) is 5.56 Å². The number of aliphatic hydroxyl groups excluding tert-OH is 1. The van der Waals surface area contributed by atoms with Gasteiger partial charge in [0.1, 0.15) is 11.9 Å². The molecule has 0 spiro atoms. The summed E-state index contributed by atoms with van der Waals surface area (Å²) in [6.45, 7) is 4.87. The van der Waals surface area contributed by atoms with Crippen LogP contribution in [0.15, 0.2) is 6.07 Å². The zero-order valence-electron chi connectivity index (χ0n) is 11.0. The van der Waals surface area contributed by atoms with Crippen LogP contribution in [0.4, 0.5) is 5.82 Å². The van der Waals surface area contributed by atoms with Crippen LogP contribution in [0.5, 0.6) is 0 Å². The summed E-state index contributed by atoms with van der Waals surface area (Å²) < 4.78 is 0. The van der Waals surface area contributed by atoms with Gasteiger partial charge in [-0.15, -0.1) is 0 Å². The van der Waals surface area contributed by atoms with Crippen LogP contribution in [0, 0.1) is 25.2 Å². The molecule has 4 nitrogen and oxygen atoms in total. The second-order valence-electron chi connectivity index (χ2n) is 4.92. The summed E-state index contributed by atoms with van der Waals surface area (Å²) in [6, 6.07) is 4.27. The van der Waals surface area contributed by atoms with E-state index < -0.39 is 0 Å². The molecular weight excluding hydrogens is 226 g/mol. The number of piperidine rings is 1.